The maximum atomic E-state index is 11.7. The minimum atomic E-state index is -0.140. The van der Waals surface area contributed by atoms with E-state index in [1.54, 1.807) is 17.0 Å². The molecular formula is C16H23N3O3. The van der Waals surface area contributed by atoms with E-state index in [1.165, 1.54) is 0 Å². The van der Waals surface area contributed by atoms with E-state index < -0.39 is 0 Å². The molecule has 0 unspecified atom stereocenters. The highest BCUT2D eigenvalue weighted by molar-refractivity contribution is 5.95. The van der Waals surface area contributed by atoms with Gasteiger partial charge >= 0.3 is 0 Å². The topological polar surface area (TPSA) is 70.7 Å². The van der Waals surface area contributed by atoms with Crippen LogP contribution in [0.15, 0.2) is 24.3 Å². The molecule has 2 amide bonds. The van der Waals surface area contributed by atoms with E-state index in [1.807, 2.05) is 19.2 Å². The fraction of sp³-hybridized carbons (Fsp3) is 0.500. The number of ether oxygens (including phenoxy) is 1. The lowest BCUT2D eigenvalue weighted by molar-refractivity contribution is -0.123. The molecule has 1 aromatic carbocycles. The Kier molecular flexibility index (Phi) is 6.21. The Balaban J connectivity index is 1.80. The first-order valence-electron chi connectivity index (χ1n) is 7.65. The van der Waals surface area contributed by atoms with E-state index in [9.17, 15) is 9.59 Å². The van der Waals surface area contributed by atoms with Gasteiger partial charge in [0.05, 0.1) is 0 Å². The van der Waals surface area contributed by atoms with Gasteiger partial charge in [-0.25, -0.2) is 0 Å². The van der Waals surface area contributed by atoms with Gasteiger partial charge in [-0.3, -0.25) is 9.59 Å². The van der Waals surface area contributed by atoms with E-state index in [0.717, 1.165) is 31.6 Å². The summed E-state index contributed by atoms with van der Waals surface area (Å²) in [6.45, 7) is 2.23. The number of carbonyl (C=O) groups is 2. The summed E-state index contributed by atoms with van der Waals surface area (Å²) in [5.74, 6) is 0.598. The van der Waals surface area contributed by atoms with Crippen molar-refractivity contribution in [3.63, 3.8) is 0 Å². The number of anilines is 1. The van der Waals surface area contributed by atoms with Crippen LogP contribution in [-0.4, -0.2) is 45.1 Å². The van der Waals surface area contributed by atoms with E-state index in [-0.39, 0.29) is 18.4 Å². The molecule has 120 valence electrons. The van der Waals surface area contributed by atoms with Crippen LogP contribution in [0.5, 0.6) is 5.75 Å². The van der Waals surface area contributed by atoms with Crippen molar-refractivity contribution >= 4 is 17.5 Å². The highest BCUT2D eigenvalue weighted by Gasteiger charge is 2.21. The lowest BCUT2D eigenvalue weighted by Crippen LogP contribution is -2.31. The second-order valence-electron chi connectivity index (χ2n) is 5.24. The number of hydrogen-bond donors (Lipinski definition) is 2. The van der Waals surface area contributed by atoms with Gasteiger partial charge in [0.25, 0.3) is 5.91 Å². The van der Waals surface area contributed by atoms with Crippen LogP contribution in [0.2, 0.25) is 0 Å². The highest BCUT2D eigenvalue weighted by atomic mass is 16.5. The molecule has 1 aliphatic heterocycles. The SMILES string of the molecule is CNCCCNC(=O)COc1cccc(N2CCCC2=O)c1. The van der Waals surface area contributed by atoms with Gasteiger partial charge in [0.15, 0.2) is 6.61 Å². The van der Waals surface area contributed by atoms with Crippen LogP contribution in [0.3, 0.4) is 0 Å². The molecule has 22 heavy (non-hydrogen) atoms. The van der Waals surface area contributed by atoms with Gasteiger partial charge in [0.1, 0.15) is 5.75 Å². The average Bonchev–Trinajstić information content (AvgIpc) is 2.96. The van der Waals surface area contributed by atoms with Crippen LogP contribution >= 0.6 is 0 Å². The van der Waals surface area contributed by atoms with Gasteiger partial charge in [-0.1, -0.05) is 6.07 Å². The molecule has 6 heteroatoms. The fourth-order valence-electron chi connectivity index (χ4n) is 2.36. The Labute approximate surface area is 130 Å². The maximum Gasteiger partial charge on any atom is 0.257 e. The van der Waals surface area contributed by atoms with Gasteiger partial charge in [0.2, 0.25) is 5.91 Å². The zero-order chi connectivity index (χ0) is 15.8. The molecule has 1 saturated heterocycles. The Morgan fingerprint density at radius 3 is 2.95 bits per heavy atom. The largest absolute Gasteiger partial charge is 0.484 e. The van der Waals surface area contributed by atoms with Crippen LogP contribution in [0.1, 0.15) is 19.3 Å². The summed E-state index contributed by atoms with van der Waals surface area (Å²) >= 11 is 0. The Morgan fingerprint density at radius 2 is 2.23 bits per heavy atom. The molecule has 1 fully saturated rings. The molecule has 0 atom stereocenters. The van der Waals surface area contributed by atoms with Gasteiger partial charge in [-0.2, -0.15) is 0 Å². The Bertz CT molecular complexity index is 519. The molecule has 0 aromatic heterocycles. The summed E-state index contributed by atoms with van der Waals surface area (Å²) in [5.41, 5.74) is 0.828. The number of amides is 2. The predicted molar refractivity (Wildman–Crippen MR) is 85.1 cm³/mol. The smallest absolute Gasteiger partial charge is 0.257 e. The van der Waals surface area contributed by atoms with E-state index >= 15 is 0 Å². The molecule has 0 bridgehead atoms. The van der Waals surface area contributed by atoms with Crippen molar-refractivity contribution in [1.82, 2.24) is 10.6 Å². The highest BCUT2D eigenvalue weighted by Crippen LogP contribution is 2.25. The van der Waals surface area contributed by atoms with Crippen LogP contribution in [-0.2, 0) is 9.59 Å². The molecule has 0 spiro atoms. The average molecular weight is 305 g/mol. The summed E-state index contributed by atoms with van der Waals surface area (Å²) < 4.78 is 5.49. The van der Waals surface area contributed by atoms with Crippen LogP contribution in [0.25, 0.3) is 0 Å². The molecule has 1 aliphatic rings. The van der Waals surface area contributed by atoms with Crippen molar-refractivity contribution in [2.75, 3.05) is 38.2 Å². The molecule has 2 N–H and O–H groups in total. The second-order valence-corrected chi connectivity index (χ2v) is 5.24. The standard InChI is InChI=1S/C16H23N3O3/c1-17-8-4-9-18-15(20)12-22-14-6-2-5-13(11-14)19-10-3-7-16(19)21/h2,5-6,11,17H,3-4,7-10,12H2,1H3,(H,18,20). The predicted octanol–water partition coefficient (Wildman–Crippen LogP) is 0.918. The molecule has 1 heterocycles. The van der Waals surface area contributed by atoms with Crippen LogP contribution < -0.4 is 20.3 Å². The first-order chi connectivity index (χ1) is 10.7. The molecule has 2 rings (SSSR count). The van der Waals surface area contributed by atoms with Crippen molar-refractivity contribution in [3.8, 4) is 5.75 Å². The summed E-state index contributed by atoms with van der Waals surface area (Å²) in [5, 5.41) is 5.82. The first kappa shape index (κ1) is 16.3. The van der Waals surface area contributed by atoms with Gasteiger partial charge in [-0.15, -0.1) is 0 Å². The number of hydrogen-bond acceptors (Lipinski definition) is 4. The van der Waals surface area contributed by atoms with Gasteiger partial charge in [-0.05, 0) is 38.6 Å². The number of benzene rings is 1. The van der Waals surface area contributed by atoms with Gasteiger partial charge in [0, 0.05) is 31.3 Å². The monoisotopic (exact) mass is 305 g/mol. The quantitative estimate of drug-likeness (QED) is 0.701. The Morgan fingerprint density at radius 1 is 1.36 bits per heavy atom. The first-order valence-corrected chi connectivity index (χ1v) is 7.65. The van der Waals surface area contributed by atoms with Crippen LogP contribution in [0.4, 0.5) is 5.69 Å². The summed E-state index contributed by atoms with van der Waals surface area (Å²) in [6.07, 6.45) is 2.37. The van der Waals surface area contributed by atoms with Crippen LogP contribution in [0, 0.1) is 0 Å². The third kappa shape index (κ3) is 4.73. The number of nitrogens with one attached hydrogen (secondary N) is 2. The van der Waals surface area contributed by atoms with Crippen molar-refractivity contribution < 1.29 is 14.3 Å². The number of nitrogens with zero attached hydrogens (tertiary/aromatic N) is 1. The molecule has 0 aliphatic carbocycles. The zero-order valence-corrected chi connectivity index (χ0v) is 12.9. The fourth-order valence-corrected chi connectivity index (χ4v) is 2.36. The second kappa shape index (κ2) is 8.38. The lowest BCUT2D eigenvalue weighted by atomic mass is 10.3. The summed E-state index contributed by atoms with van der Waals surface area (Å²) in [4.78, 5) is 25.1. The normalized spacial score (nSPS) is 14.2. The van der Waals surface area contributed by atoms with E-state index in [0.29, 0.717) is 18.7 Å². The molecule has 0 saturated carbocycles. The maximum absolute atomic E-state index is 11.7. The minimum absolute atomic E-state index is 0.0169. The van der Waals surface area contributed by atoms with Crippen molar-refractivity contribution in [2.24, 2.45) is 0 Å². The number of carbonyl (C=O) groups excluding carboxylic acids is 2. The molecular weight excluding hydrogens is 282 g/mol. The summed E-state index contributed by atoms with van der Waals surface area (Å²) in [6, 6.07) is 7.31. The van der Waals surface area contributed by atoms with E-state index in [2.05, 4.69) is 10.6 Å². The third-order valence-corrected chi connectivity index (χ3v) is 3.50. The zero-order valence-electron chi connectivity index (χ0n) is 12.9. The van der Waals surface area contributed by atoms with Gasteiger partial charge < -0.3 is 20.3 Å². The molecule has 1 aromatic rings. The summed E-state index contributed by atoms with van der Waals surface area (Å²) in [7, 11) is 1.88. The van der Waals surface area contributed by atoms with Crippen molar-refractivity contribution in [1.29, 1.82) is 0 Å². The minimum Gasteiger partial charge on any atom is -0.484 e. The third-order valence-electron chi connectivity index (χ3n) is 3.50. The molecule has 6 nitrogen and oxygen atoms in total. The Hall–Kier alpha value is -2.08. The number of rotatable bonds is 8. The molecule has 0 radical (unpaired) electrons. The van der Waals surface area contributed by atoms with Crippen molar-refractivity contribution in [3.05, 3.63) is 24.3 Å². The lowest BCUT2D eigenvalue weighted by Gasteiger charge is -2.16. The van der Waals surface area contributed by atoms with Crippen molar-refractivity contribution in [2.45, 2.75) is 19.3 Å². The van der Waals surface area contributed by atoms with E-state index in [4.69, 9.17) is 4.74 Å².